The molecule has 0 saturated carbocycles. The first-order valence-corrected chi connectivity index (χ1v) is 7.84. The third-order valence-corrected chi connectivity index (χ3v) is 4.47. The first-order valence-electron chi connectivity index (χ1n) is 7.09. The minimum Gasteiger partial charge on any atom is -0.442 e. The van der Waals surface area contributed by atoms with Crippen LogP contribution < -0.4 is 5.73 Å². The number of carbonyl (C=O) groups excluding carboxylic acids is 1. The molecule has 2 N–H and O–H groups in total. The molecule has 0 aliphatic heterocycles. The van der Waals surface area contributed by atoms with E-state index in [1.165, 1.54) is 5.56 Å². The van der Waals surface area contributed by atoms with Gasteiger partial charge in [0.1, 0.15) is 6.10 Å². The molecule has 1 amide bonds. The summed E-state index contributed by atoms with van der Waals surface area (Å²) in [6.07, 6.45) is 1.69. The highest BCUT2D eigenvalue weighted by Crippen LogP contribution is 2.37. The van der Waals surface area contributed by atoms with E-state index in [4.69, 9.17) is 33.7 Å². The monoisotopic (exact) mass is 335 g/mol. The molecule has 1 unspecified atom stereocenters. The van der Waals surface area contributed by atoms with E-state index in [1.54, 1.807) is 12.1 Å². The first kappa shape index (κ1) is 15.2. The molecule has 1 aliphatic rings. The third-order valence-electron chi connectivity index (χ3n) is 3.90. The number of hydrogen-bond donors (Lipinski definition) is 1. The molecule has 0 spiro atoms. The SMILES string of the molecule is NC(=O)OC1CCCc2ccc(-c3cc(Cl)ccc3Cl)cc21. The van der Waals surface area contributed by atoms with E-state index in [2.05, 4.69) is 6.07 Å². The molecule has 0 aromatic heterocycles. The van der Waals surface area contributed by atoms with Crippen LogP contribution in [-0.2, 0) is 11.2 Å². The lowest BCUT2D eigenvalue weighted by Crippen LogP contribution is -2.20. The number of ether oxygens (including phenoxy) is 1. The molecule has 0 fully saturated rings. The Morgan fingerprint density at radius 2 is 2.00 bits per heavy atom. The standard InChI is InChI=1S/C17H15Cl2NO2/c18-12-6-7-15(19)13(9-12)11-5-4-10-2-1-3-16(14(10)8-11)22-17(20)21/h4-9,16H,1-3H2,(H2,20,21). The molecule has 1 atom stereocenters. The maximum absolute atomic E-state index is 11.1. The fraction of sp³-hybridized carbons (Fsp3) is 0.235. The quantitative estimate of drug-likeness (QED) is 0.826. The Balaban J connectivity index is 2.05. The largest absolute Gasteiger partial charge is 0.442 e. The van der Waals surface area contributed by atoms with E-state index in [0.717, 1.165) is 36.0 Å². The highest BCUT2D eigenvalue weighted by atomic mass is 35.5. The molecule has 0 radical (unpaired) electrons. The van der Waals surface area contributed by atoms with Crippen LogP contribution in [0.5, 0.6) is 0 Å². The number of benzene rings is 2. The van der Waals surface area contributed by atoms with Crippen molar-refractivity contribution < 1.29 is 9.53 Å². The van der Waals surface area contributed by atoms with E-state index in [9.17, 15) is 4.79 Å². The van der Waals surface area contributed by atoms with Gasteiger partial charge in [-0.25, -0.2) is 4.79 Å². The summed E-state index contributed by atoms with van der Waals surface area (Å²) < 4.78 is 5.24. The lowest BCUT2D eigenvalue weighted by molar-refractivity contribution is 0.0959. The van der Waals surface area contributed by atoms with Gasteiger partial charge in [-0.05, 0) is 60.2 Å². The maximum Gasteiger partial charge on any atom is 0.405 e. The molecule has 5 heteroatoms. The second-order valence-electron chi connectivity index (χ2n) is 5.36. The van der Waals surface area contributed by atoms with Gasteiger partial charge in [0.05, 0.1) is 0 Å². The number of fused-ring (bicyclic) bond motifs is 1. The number of hydrogen-bond acceptors (Lipinski definition) is 2. The number of aryl methyl sites for hydroxylation is 1. The molecule has 2 aromatic rings. The van der Waals surface area contributed by atoms with Crippen LogP contribution in [0.15, 0.2) is 36.4 Å². The second-order valence-corrected chi connectivity index (χ2v) is 6.20. The number of carbonyl (C=O) groups is 1. The first-order chi connectivity index (χ1) is 10.5. The van der Waals surface area contributed by atoms with Gasteiger partial charge >= 0.3 is 6.09 Å². The molecule has 3 nitrogen and oxygen atoms in total. The zero-order valence-electron chi connectivity index (χ0n) is 11.8. The lowest BCUT2D eigenvalue weighted by Gasteiger charge is -2.25. The Morgan fingerprint density at radius 3 is 2.77 bits per heavy atom. The van der Waals surface area contributed by atoms with E-state index in [1.807, 2.05) is 18.2 Å². The van der Waals surface area contributed by atoms with Gasteiger partial charge in [-0.2, -0.15) is 0 Å². The Morgan fingerprint density at radius 1 is 1.18 bits per heavy atom. The fourth-order valence-corrected chi connectivity index (χ4v) is 3.30. The molecule has 22 heavy (non-hydrogen) atoms. The smallest absolute Gasteiger partial charge is 0.405 e. The average molecular weight is 336 g/mol. The van der Waals surface area contributed by atoms with Crippen molar-refractivity contribution in [3.8, 4) is 11.1 Å². The number of nitrogens with two attached hydrogens (primary N) is 1. The normalized spacial score (nSPS) is 16.9. The van der Waals surface area contributed by atoms with Crippen molar-refractivity contribution in [3.63, 3.8) is 0 Å². The summed E-state index contributed by atoms with van der Waals surface area (Å²) >= 11 is 12.3. The van der Waals surface area contributed by atoms with E-state index < -0.39 is 6.09 Å². The van der Waals surface area contributed by atoms with Crippen molar-refractivity contribution in [2.24, 2.45) is 5.73 Å². The van der Waals surface area contributed by atoms with Crippen LogP contribution in [0.4, 0.5) is 4.79 Å². The molecule has 3 rings (SSSR count). The van der Waals surface area contributed by atoms with Crippen LogP contribution in [0.3, 0.4) is 0 Å². The summed E-state index contributed by atoms with van der Waals surface area (Å²) in [7, 11) is 0. The van der Waals surface area contributed by atoms with Gasteiger partial charge in [-0.3, -0.25) is 0 Å². The molecule has 0 bridgehead atoms. The number of primary amides is 1. The number of amides is 1. The van der Waals surface area contributed by atoms with E-state index >= 15 is 0 Å². The maximum atomic E-state index is 11.1. The summed E-state index contributed by atoms with van der Waals surface area (Å²) in [6.45, 7) is 0. The highest BCUT2D eigenvalue weighted by Gasteiger charge is 2.23. The molecular weight excluding hydrogens is 321 g/mol. The summed E-state index contributed by atoms with van der Waals surface area (Å²) in [4.78, 5) is 11.1. The van der Waals surface area contributed by atoms with E-state index in [-0.39, 0.29) is 6.10 Å². The third kappa shape index (κ3) is 3.06. The van der Waals surface area contributed by atoms with Crippen molar-refractivity contribution in [1.82, 2.24) is 0 Å². The zero-order chi connectivity index (χ0) is 15.7. The van der Waals surface area contributed by atoms with Gasteiger partial charge in [0.2, 0.25) is 0 Å². The molecule has 2 aromatic carbocycles. The van der Waals surface area contributed by atoms with Crippen molar-refractivity contribution >= 4 is 29.3 Å². The molecule has 114 valence electrons. The van der Waals surface area contributed by atoms with Crippen LogP contribution in [0.25, 0.3) is 11.1 Å². The van der Waals surface area contributed by atoms with Crippen LogP contribution >= 0.6 is 23.2 Å². The second kappa shape index (κ2) is 6.19. The molecule has 1 aliphatic carbocycles. The van der Waals surface area contributed by atoms with E-state index in [0.29, 0.717) is 10.0 Å². The van der Waals surface area contributed by atoms with Crippen LogP contribution in [0.2, 0.25) is 10.0 Å². The fourth-order valence-electron chi connectivity index (χ4n) is 2.90. The molecule has 0 heterocycles. The summed E-state index contributed by atoms with van der Waals surface area (Å²) in [5.74, 6) is 0. The minimum absolute atomic E-state index is 0.292. The van der Waals surface area contributed by atoms with Gasteiger partial charge in [0.15, 0.2) is 0 Å². The van der Waals surface area contributed by atoms with Gasteiger partial charge < -0.3 is 10.5 Å². The predicted octanol–water partition coefficient (Wildman–Crippen LogP) is 5.13. The summed E-state index contributed by atoms with van der Waals surface area (Å²) in [6, 6.07) is 11.4. The zero-order valence-corrected chi connectivity index (χ0v) is 13.3. The van der Waals surface area contributed by atoms with Crippen LogP contribution in [0, 0.1) is 0 Å². The van der Waals surface area contributed by atoms with Crippen molar-refractivity contribution in [2.45, 2.75) is 25.4 Å². The highest BCUT2D eigenvalue weighted by molar-refractivity contribution is 6.35. The minimum atomic E-state index is -0.746. The van der Waals surface area contributed by atoms with Gasteiger partial charge in [-0.15, -0.1) is 0 Å². The lowest BCUT2D eigenvalue weighted by atomic mass is 9.87. The van der Waals surface area contributed by atoms with Crippen molar-refractivity contribution in [3.05, 3.63) is 57.6 Å². The van der Waals surface area contributed by atoms with Crippen molar-refractivity contribution in [1.29, 1.82) is 0 Å². The number of rotatable bonds is 2. The summed E-state index contributed by atoms with van der Waals surface area (Å²) in [5, 5.41) is 1.26. The molecule has 0 saturated heterocycles. The summed E-state index contributed by atoms with van der Waals surface area (Å²) in [5.41, 5.74) is 9.16. The van der Waals surface area contributed by atoms with Crippen LogP contribution in [0.1, 0.15) is 30.1 Å². The van der Waals surface area contributed by atoms with Crippen molar-refractivity contribution in [2.75, 3.05) is 0 Å². The Labute approximate surface area is 139 Å². The van der Waals surface area contributed by atoms with Gasteiger partial charge in [-0.1, -0.05) is 35.3 Å². The predicted molar refractivity (Wildman–Crippen MR) is 88.2 cm³/mol. The van der Waals surface area contributed by atoms with Gasteiger partial charge in [0.25, 0.3) is 0 Å². The van der Waals surface area contributed by atoms with Crippen LogP contribution in [-0.4, -0.2) is 6.09 Å². The topological polar surface area (TPSA) is 52.3 Å². The Kier molecular flexibility index (Phi) is 4.27. The Hall–Kier alpha value is -1.71. The number of halogens is 2. The Bertz CT molecular complexity index is 731. The average Bonchev–Trinajstić information content (AvgIpc) is 2.49. The molecular formula is C17H15Cl2NO2. The van der Waals surface area contributed by atoms with Gasteiger partial charge in [0, 0.05) is 15.6 Å².